The summed E-state index contributed by atoms with van der Waals surface area (Å²) in [5.74, 6) is -0.221. The molecule has 0 fully saturated rings. The molecular weight excluding hydrogens is 228 g/mol. The second-order valence-electron chi connectivity index (χ2n) is 3.22. The highest BCUT2D eigenvalue weighted by atomic mass is 35.5. The fourth-order valence-corrected chi connectivity index (χ4v) is 1.32. The first kappa shape index (κ1) is 12.8. The van der Waals surface area contributed by atoms with Crippen LogP contribution in [0.1, 0.15) is 13.8 Å². The summed E-state index contributed by atoms with van der Waals surface area (Å²) < 4.78 is 5.14. The molecule has 0 saturated heterocycles. The molecule has 2 N–H and O–H groups in total. The summed E-state index contributed by atoms with van der Waals surface area (Å²) in [5.41, 5.74) is 6.03. The average molecular weight is 243 g/mol. The second kappa shape index (κ2) is 6.35. The van der Waals surface area contributed by atoms with Crippen LogP contribution in [-0.4, -0.2) is 18.6 Å². The summed E-state index contributed by atoms with van der Waals surface area (Å²) in [6.45, 7) is 4.04. The molecule has 0 bridgehead atoms. The van der Waals surface area contributed by atoms with Crippen LogP contribution in [0.5, 0.6) is 0 Å². The van der Waals surface area contributed by atoms with Crippen molar-refractivity contribution in [3.63, 3.8) is 0 Å². The lowest BCUT2D eigenvalue weighted by molar-refractivity contribution is -0.130. The maximum Gasteiger partial charge on any atom is 0.267 e. The topological polar surface area (TPSA) is 50.4 Å². The molecule has 88 valence electrons. The molecule has 0 aromatic heterocycles. The summed E-state index contributed by atoms with van der Waals surface area (Å²) in [7, 11) is 0. The Labute approximate surface area is 99.9 Å². The van der Waals surface area contributed by atoms with Crippen LogP contribution >= 0.6 is 11.6 Å². The average Bonchev–Trinajstić information content (AvgIpc) is 2.26. The molecule has 0 aliphatic rings. The van der Waals surface area contributed by atoms with Crippen LogP contribution in [0.3, 0.4) is 0 Å². The van der Waals surface area contributed by atoms with E-state index in [0.29, 0.717) is 11.6 Å². The van der Waals surface area contributed by atoms with Gasteiger partial charge in [0, 0.05) is 11.6 Å². The molecule has 1 amide bonds. The zero-order valence-corrected chi connectivity index (χ0v) is 10.0. The normalized spacial score (nSPS) is 11.9. The SMILES string of the molecule is CCO[C@@H](C)C(=O)NNc1cccc(Cl)c1. The van der Waals surface area contributed by atoms with Crippen LogP contribution in [0.4, 0.5) is 5.69 Å². The van der Waals surface area contributed by atoms with Crippen molar-refractivity contribution in [1.29, 1.82) is 0 Å². The van der Waals surface area contributed by atoms with Crippen LogP contribution in [0.25, 0.3) is 0 Å². The fourth-order valence-electron chi connectivity index (χ4n) is 1.13. The highest BCUT2D eigenvalue weighted by molar-refractivity contribution is 6.30. The third kappa shape index (κ3) is 4.08. The van der Waals surface area contributed by atoms with E-state index in [0.717, 1.165) is 5.69 Å². The monoisotopic (exact) mass is 242 g/mol. The first-order valence-electron chi connectivity index (χ1n) is 5.06. The van der Waals surface area contributed by atoms with E-state index in [1.807, 2.05) is 6.92 Å². The molecule has 0 radical (unpaired) electrons. The number of hydrogen-bond acceptors (Lipinski definition) is 3. The molecule has 0 aliphatic carbocycles. The summed E-state index contributed by atoms with van der Waals surface area (Å²) in [5, 5.41) is 0.608. The van der Waals surface area contributed by atoms with Gasteiger partial charge in [0.1, 0.15) is 6.10 Å². The Morgan fingerprint density at radius 2 is 2.31 bits per heavy atom. The summed E-state index contributed by atoms with van der Waals surface area (Å²) >= 11 is 5.80. The molecule has 0 saturated carbocycles. The number of amides is 1. The lowest BCUT2D eigenvalue weighted by Crippen LogP contribution is -2.38. The minimum atomic E-state index is -0.475. The fraction of sp³-hybridized carbons (Fsp3) is 0.364. The van der Waals surface area contributed by atoms with Gasteiger partial charge in [-0.1, -0.05) is 17.7 Å². The van der Waals surface area contributed by atoms with Crippen molar-refractivity contribution in [2.24, 2.45) is 0 Å². The molecule has 16 heavy (non-hydrogen) atoms. The molecule has 0 aliphatic heterocycles. The number of rotatable bonds is 5. The molecular formula is C11H15ClN2O2. The quantitative estimate of drug-likeness (QED) is 0.779. The van der Waals surface area contributed by atoms with Gasteiger partial charge in [-0.25, -0.2) is 0 Å². The Bertz CT molecular complexity index is 358. The third-order valence-electron chi connectivity index (χ3n) is 1.94. The molecule has 1 atom stereocenters. The van der Waals surface area contributed by atoms with E-state index in [2.05, 4.69) is 10.9 Å². The van der Waals surface area contributed by atoms with Crippen molar-refractivity contribution in [3.05, 3.63) is 29.3 Å². The van der Waals surface area contributed by atoms with Crippen molar-refractivity contribution in [1.82, 2.24) is 5.43 Å². The van der Waals surface area contributed by atoms with Crippen molar-refractivity contribution in [3.8, 4) is 0 Å². The first-order valence-corrected chi connectivity index (χ1v) is 5.44. The van der Waals surface area contributed by atoms with Gasteiger partial charge in [-0.2, -0.15) is 0 Å². The standard InChI is InChI=1S/C11H15ClN2O2/c1-3-16-8(2)11(15)14-13-10-6-4-5-9(12)7-10/h4-8,13H,3H2,1-2H3,(H,14,15)/t8-/m0/s1. The van der Waals surface area contributed by atoms with Gasteiger partial charge in [-0.15, -0.1) is 0 Å². The van der Waals surface area contributed by atoms with Gasteiger partial charge in [0.05, 0.1) is 5.69 Å². The van der Waals surface area contributed by atoms with Crippen LogP contribution in [0, 0.1) is 0 Å². The number of nitrogens with one attached hydrogen (secondary N) is 2. The smallest absolute Gasteiger partial charge is 0.267 e. The Balaban J connectivity index is 2.42. The van der Waals surface area contributed by atoms with Crippen LogP contribution < -0.4 is 10.9 Å². The van der Waals surface area contributed by atoms with Crippen molar-refractivity contribution >= 4 is 23.2 Å². The Hall–Kier alpha value is -1.26. The summed E-state index contributed by atoms with van der Waals surface area (Å²) in [4.78, 5) is 11.5. The molecule has 1 aromatic rings. The summed E-state index contributed by atoms with van der Waals surface area (Å²) in [6, 6.07) is 7.07. The molecule has 1 rings (SSSR count). The van der Waals surface area contributed by atoms with Crippen LogP contribution in [-0.2, 0) is 9.53 Å². The van der Waals surface area contributed by atoms with Crippen LogP contribution in [0.15, 0.2) is 24.3 Å². The number of ether oxygens (including phenoxy) is 1. The van der Waals surface area contributed by atoms with E-state index >= 15 is 0 Å². The minimum Gasteiger partial charge on any atom is -0.369 e. The Kier molecular flexibility index (Phi) is 5.08. The molecule has 5 heteroatoms. The van der Waals surface area contributed by atoms with Gasteiger partial charge < -0.3 is 4.74 Å². The Morgan fingerprint density at radius 1 is 1.56 bits per heavy atom. The number of anilines is 1. The third-order valence-corrected chi connectivity index (χ3v) is 2.18. The van der Waals surface area contributed by atoms with E-state index in [1.165, 1.54) is 0 Å². The van der Waals surface area contributed by atoms with Gasteiger partial charge >= 0.3 is 0 Å². The van der Waals surface area contributed by atoms with Crippen molar-refractivity contribution in [2.45, 2.75) is 20.0 Å². The lowest BCUT2D eigenvalue weighted by atomic mass is 10.3. The van der Waals surface area contributed by atoms with Crippen LogP contribution in [0.2, 0.25) is 5.02 Å². The molecule has 0 unspecified atom stereocenters. The van der Waals surface area contributed by atoms with Gasteiger partial charge in [-0.05, 0) is 32.0 Å². The van der Waals surface area contributed by atoms with Gasteiger partial charge in [-0.3, -0.25) is 15.6 Å². The van der Waals surface area contributed by atoms with Gasteiger partial charge in [0.2, 0.25) is 0 Å². The number of hydrogen-bond donors (Lipinski definition) is 2. The first-order chi connectivity index (χ1) is 7.63. The second-order valence-corrected chi connectivity index (χ2v) is 3.66. The molecule has 0 spiro atoms. The lowest BCUT2D eigenvalue weighted by Gasteiger charge is -2.13. The number of carbonyl (C=O) groups excluding carboxylic acids is 1. The highest BCUT2D eigenvalue weighted by Crippen LogP contribution is 2.13. The Morgan fingerprint density at radius 3 is 2.94 bits per heavy atom. The summed E-state index contributed by atoms with van der Waals surface area (Å²) in [6.07, 6.45) is -0.475. The van der Waals surface area contributed by atoms with E-state index < -0.39 is 6.10 Å². The van der Waals surface area contributed by atoms with Crippen molar-refractivity contribution < 1.29 is 9.53 Å². The number of carbonyl (C=O) groups is 1. The predicted octanol–water partition coefficient (Wildman–Crippen LogP) is 2.21. The zero-order chi connectivity index (χ0) is 12.0. The predicted molar refractivity (Wildman–Crippen MR) is 64.3 cm³/mol. The van der Waals surface area contributed by atoms with E-state index in [-0.39, 0.29) is 5.91 Å². The number of benzene rings is 1. The largest absolute Gasteiger partial charge is 0.369 e. The minimum absolute atomic E-state index is 0.221. The maximum absolute atomic E-state index is 11.5. The van der Waals surface area contributed by atoms with Gasteiger partial charge in [0.15, 0.2) is 0 Å². The number of hydrazine groups is 1. The van der Waals surface area contributed by atoms with Crippen molar-refractivity contribution in [2.75, 3.05) is 12.0 Å². The van der Waals surface area contributed by atoms with Gasteiger partial charge in [0.25, 0.3) is 5.91 Å². The zero-order valence-electron chi connectivity index (χ0n) is 9.29. The van der Waals surface area contributed by atoms with E-state index in [1.54, 1.807) is 31.2 Å². The molecule has 1 aromatic carbocycles. The molecule has 0 heterocycles. The van der Waals surface area contributed by atoms with E-state index in [9.17, 15) is 4.79 Å². The maximum atomic E-state index is 11.5. The highest BCUT2D eigenvalue weighted by Gasteiger charge is 2.11. The number of halogens is 1. The molecule has 4 nitrogen and oxygen atoms in total. The van der Waals surface area contributed by atoms with E-state index in [4.69, 9.17) is 16.3 Å².